The largest absolute Gasteiger partial charge is 0.480 e. The van der Waals surface area contributed by atoms with E-state index >= 15 is 0 Å². The van der Waals surface area contributed by atoms with Crippen molar-refractivity contribution in [2.24, 2.45) is 0 Å². The second-order valence-electron chi connectivity index (χ2n) is 4.53. The van der Waals surface area contributed by atoms with E-state index in [1.165, 1.54) is 0 Å². The van der Waals surface area contributed by atoms with Crippen molar-refractivity contribution in [1.82, 2.24) is 5.32 Å². The third-order valence-corrected chi connectivity index (χ3v) is 3.06. The minimum atomic E-state index is -0.980. The van der Waals surface area contributed by atoms with Crippen LogP contribution in [0.2, 0.25) is 0 Å². The summed E-state index contributed by atoms with van der Waals surface area (Å²) in [5.74, 6) is -0.848. The lowest BCUT2D eigenvalue weighted by atomic mass is 9.90. The van der Waals surface area contributed by atoms with Crippen LogP contribution in [0.15, 0.2) is 24.3 Å². The molecule has 2 rings (SSSR count). The summed E-state index contributed by atoms with van der Waals surface area (Å²) >= 11 is 0. The highest BCUT2D eigenvalue weighted by molar-refractivity contribution is 5.79. The zero-order chi connectivity index (χ0) is 12.3. The molecule has 1 saturated heterocycles. The number of hydrogen-bond donors (Lipinski definition) is 2. The van der Waals surface area contributed by atoms with Crippen LogP contribution in [0.5, 0.6) is 0 Å². The average molecular weight is 235 g/mol. The van der Waals surface area contributed by atoms with E-state index in [0.29, 0.717) is 19.6 Å². The molecular formula is C13H17NO3. The fraction of sp³-hybridized carbons (Fsp3) is 0.462. The van der Waals surface area contributed by atoms with Crippen molar-refractivity contribution in [1.29, 1.82) is 0 Å². The lowest BCUT2D eigenvalue weighted by Crippen LogP contribution is -2.61. The van der Waals surface area contributed by atoms with Crippen molar-refractivity contribution in [3.8, 4) is 0 Å². The number of aliphatic carboxylic acids is 1. The predicted octanol–water partition coefficient (Wildman–Crippen LogP) is 0.981. The zero-order valence-corrected chi connectivity index (χ0v) is 9.90. The molecule has 0 aromatic heterocycles. The summed E-state index contributed by atoms with van der Waals surface area (Å²) in [6.45, 7) is 3.37. The van der Waals surface area contributed by atoms with E-state index in [1.807, 2.05) is 31.2 Å². The number of benzene rings is 1. The van der Waals surface area contributed by atoms with E-state index in [-0.39, 0.29) is 6.61 Å². The van der Waals surface area contributed by atoms with Crippen LogP contribution in [0.4, 0.5) is 0 Å². The normalized spacial score (nSPS) is 24.5. The first kappa shape index (κ1) is 12.1. The third-order valence-electron chi connectivity index (χ3n) is 3.06. The quantitative estimate of drug-likeness (QED) is 0.820. The molecule has 17 heavy (non-hydrogen) atoms. The molecule has 0 saturated carbocycles. The summed E-state index contributed by atoms with van der Waals surface area (Å²) < 4.78 is 5.31. The minimum absolute atomic E-state index is 0.219. The molecule has 0 spiro atoms. The fourth-order valence-electron chi connectivity index (χ4n) is 2.16. The maximum absolute atomic E-state index is 11.4. The number of hydrogen-bond acceptors (Lipinski definition) is 3. The van der Waals surface area contributed by atoms with Crippen LogP contribution in [-0.4, -0.2) is 36.4 Å². The number of carbonyl (C=O) groups is 1. The van der Waals surface area contributed by atoms with Crippen LogP contribution in [0.3, 0.4) is 0 Å². The van der Waals surface area contributed by atoms with Crippen molar-refractivity contribution in [3.05, 3.63) is 35.4 Å². The van der Waals surface area contributed by atoms with Gasteiger partial charge in [0.2, 0.25) is 0 Å². The molecule has 4 heteroatoms. The van der Waals surface area contributed by atoms with Crippen LogP contribution in [0.25, 0.3) is 0 Å². The Morgan fingerprint density at radius 1 is 1.59 bits per heavy atom. The first-order valence-electron chi connectivity index (χ1n) is 5.74. The smallest absolute Gasteiger partial charge is 0.326 e. The molecule has 1 aromatic rings. The van der Waals surface area contributed by atoms with Gasteiger partial charge in [-0.3, -0.25) is 10.1 Å². The molecule has 1 aromatic carbocycles. The molecule has 2 N–H and O–H groups in total. The van der Waals surface area contributed by atoms with Gasteiger partial charge in [-0.05, 0) is 12.5 Å². The summed E-state index contributed by atoms with van der Waals surface area (Å²) in [4.78, 5) is 11.4. The van der Waals surface area contributed by atoms with Crippen LogP contribution in [0, 0.1) is 6.92 Å². The third kappa shape index (κ3) is 2.65. The van der Waals surface area contributed by atoms with Gasteiger partial charge in [0.05, 0.1) is 13.2 Å². The Labute approximate surface area is 101 Å². The van der Waals surface area contributed by atoms with E-state index in [4.69, 9.17) is 4.74 Å². The number of morpholine rings is 1. The van der Waals surface area contributed by atoms with Gasteiger partial charge in [0.25, 0.3) is 0 Å². The van der Waals surface area contributed by atoms with Gasteiger partial charge in [-0.2, -0.15) is 0 Å². The van der Waals surface area contributed by atoms with Gasteiger partial charge < -0.3 is 9.84 Å². The Bertz CT molecular complexity index is 411. The van der Waals surface area contributed by atoms with Gasteiger partial charge in [0.15, 0.2) is 0 Å². The molecular weight excluding hydrogens is 218 g/mol. The first-order chi connectivity index (χ1) is 8.12. The van der Waals surface area contributed by atoms with Crippen LogP contribution in [-0.2, 0) is 16.0 Å². The first-order valence-corrected chi connectivity index (χ1v) is 5.74. The summed E-state index contributed by atoms with van der Waals surface area (Å²) in [6, 6.07) is 7.92. The molecule has 0 amide bonds. The zero-order valence-electron chi connectivity index (χ0n) is 9.90. The maximum Gasteiger partial charge on any atom is 0.326 e. The van der Waals surface area contributed by atoms with E-state index in [2.05, 4.69) is 5.32 Å². The number of aryl methyl sites for hydroxylation is 1. The van der Waals surface area contributed by atoms with Crippen molar-refractivity contribution in [2.75, 3.05) is 19.8 Å². The van der Waals surface area contributed by atoms with Gasteiger partial charge in [-0.15, -0.1) is 0 Å². The van der Waals surface area contributed by atoms with Gasteiger partial charge >= 0.3 is 5.97 Å². The molecule has 1 unspecified atom stereocenters. The Kier molecular flexibility index (Phi) is 3.45. The SMILES string of the molecule is Cc1cccc(CC2(C(=O)O)COCCN2)c1. The maximum atomic E-state index is 11.4. The fourth-order valence-corrected chi connectivity index (χ4v) is 2.16. The van der Waals surface area contributed by atoms with E-state index in [9.17, 15) is 9.90 Å². The molecule has 4 nitrogen and oxygen atoms in total. The Morgan fingerprint density at radius 2 is 2.41 bits per heavy atom. The van der Waals surface area contributed by atoms with E-state index in [0.717, 1.165) is 11.1 Å². The van der Waals surface area contributed by atoms with Crippen molar-refractivity contribution in [3.63, 3.8) is 0 Å². The second-order valence-corrected chi connectivity index (χ2v) is 4.53. The lowest BCUT2D eigenvalue weighted by Gasteiger charge is -2.34. The lowest BCUT2D eigenvalue weighted by molar-refractivity contribution is -0.150. The highest BCUT2D eigenvalue weighted by Gasteiger charge is 2.40. The molecule has 1 atom stereocenters. The van der Waals surface area contributed by atoms with Gasteiger partial charge in [0.1, 0.15) is 5.54 Å². The van der Waals surface area contributed by atoms with Crippen molar-refractivity contribution >= 4 is 5.97 Å². The average Bonchev–Trinajstić information content (AvgIpc) is 2.30. The standard InChI is InChI=1S/C13H17NO3/c1-10-3-2-4-11(7-10)8-13(12(15)16)9-17-6-5-14-13/h2-4,7,14H,5-6,8-9H2,1H3,(H,15,16). The van der Waals surface area contributed by atoms with E-state index < -0.39 is 11.5 Å². The van der Waals surface area contributed by atoms with Crippen molar-refractivity contribution in [2.45, 2.75) is 18.9 Å². The number of carboxylic acid groups (broad SMARTS) is 1. The summed E-state index contributed by atoms with van der Waals surface area (Å²) in [5.41, 5.74) is 1.18. The van der Waals surface area contributed by atoms with Crippen LogP contribution in [0.1, 0.15) is 11.1 Å². The van der Waals surface area contributed by atoms with Gasteiger partial charge in [-0.1, -0.05) is 29.8 Å². The van der Waals surface area contributed by atoms with Crippen molar-refractivity contribution < 1.29 is 14.6 Å². The highest BCUT2D eigenvalue weighted by Crippen LogP contribution is 2.18. The highest BCUT2D eigenvalue weighted by atomic mass is 16.5. The number of ether oxygens (including phenoxy) is 1. The number of rotatable bonds is 3. The molecule has 92 valence electrons. The minimum Gasteiger partial charge on any atom is -0.480 e. The topological polar surface area (TPSA) is 58.6 Å². The monoisotopic (exact) mass is 235 g/mol. The molecule has 0 radical (unpaired) electrons. The summed E-state index contributed by atoms with van der Waals surface area (Å²) in [5, 5.41) is 12.5. The molecule has 0 aliphatic carbocycles. The summed E-state index contributed by atoms with van der Waals surface area (Å²) in [7, 11) is 0. The van der Waals surface area contributed by atoms with Crippen LogP contribution >= 0.6 is 0 Å². The molecule has 1 heterocycles. The molecule has 1 aliphatic rings. The molecule has 1 fully saturated rings. The van der Waals surface area contributed by atoms with Gasteiger partial charge in [-0.25, -0.2) is 0 Å². The predicted molar refractivity (Wildman–Crippen MR) is 64.1 cm³/mol. The van der Waals surface area contributed by atoms with Gasteiger partial charge in [0, 0.05) is 13.0 Å². The molecule has 1 aliphatic heterocycles. The summed E-state index contributed by atoms with van der Waals surface area (Å²) in [6.07, 6.45) is 0.448. The van der Waals surface area contributed by atoms with Crippen LogP contribution < -0.4 is 5.32 Å². The van der Waals surface area contributed by atoms with E-state index in [1.54, 1.807) is 0 Å². The number of nitrogens with one attached hydrogen (secondary N) is 1. The second kappa shape index (κ2) is 4.85. The Balaban J connectivity index is 2.20. The number of carboxylic acids is 1. The Hall–Kier alpha value is -1.39. The molecule has 0 bridgehead atoms. The Morgan fingerprint density at radius 3 is 3.00 bits per heavy atom.